The molecule has 0 spiro atoms. The number of halogens is 3. The largest absolute Gasteiger partial charge is 0.497 e. The molecule has 2 aromatic carbocycles. The van der Waals surface area contributed by atoms with Crippen molar-refractivity contribution >= 4 is 29.1 Å². The minimum atomic E-state index is -1.34. The number of amides is 2. The van der Waals surface area contributed by atoms with Crippen molar-refractivity contribution in [2.45, 2.75) is 31.6 Å². The van der Waals surface area contributed by atoms with Crippen LogP contribution in [0.2, 0.25) is 5.02 Å². The van der Waals surface area contributed by atoms with E-state index in [9.17, 15) is 18.8 Å². The van der Waals surface area contributed by atoms with E-state index in [1.165, 1.54) is 67.6 Å². The van der Waals surface area contributed by atoms with Gasteiger partial charge in [0.1, 0.15) is 29.5 Å². The maximum Gasteiger partial charge on any atom is 0.290 e. The summed E-state index contributed by atoms with van der Waals surface area (Å²) in [6, 6.07) is 10.4. The summed E-state index contributed by atoms with van der Waals surface area (Å²) in [6.07, 6.45) is -0.0538. The molecule has 0 radical (unpaired) electrons. The second kappa shape index (κ2) is 10.4. The lowest BCUT2D eigenvalue weighted by atomic mass is 9.93. The molecular formula is C25H23ClF2N4O4. The molecule has 0 aliphatic carbocycles. The Kier molecular flexibility index (Phi) is 7.35. The Labute approximate surface area is 210 Å². The first kappa shape index (κ1) is 25.3. The van der Waals surface area contributed by atoms with Crippen molar-refractivity contribution in [3.05, 3.63) is 87.0 Å². The monoisotopic (exact) mass is 516 g/mol. The second-order valence-corrected chi connectivity index (χ2v) is 8.82. The lowest BCUT2D eigenvalue weighted by Crippen LogP contribution is -2.44. The van der Waals surface area contributed by atoms with Crippen LogP contribution in [0.25, 0.3) is 0 Å². The topological polar surface area (TPSA) is 93.5 Å². The molecule has 2 heterocycles. The van der Waals surface area contributed by atoms with Crippen molar-refractivity contribution in [2.75, 3.05) is 18.6 Å². The molecule has 8 nitrogen and oxygen atoms in total. The third kappa shape index (κ3) is 5.08. The Morgan fingerprint density at radius 1 is 1.22 bits per heavy atom. The smallest absolute Gasteiger partial charge is 0.290 e. The fourth-order valence-electron chi connectivity index (χ4n) is 4.16. The SMILES string of the molecule is COc1ccc([C@@H]2CN(c3ccnn(CC(C)F)c3=O)C(=O)[C@H]2NC(=O)c2ccc(Cl)cc2)c(F)c1. The third-order valence-corrected chi connectivity index (χ3v) is 6.17. The van der Waals surface area contributed by atoms with Gasteiger partial charge in [-0.25, -0.2) is 13.5 Å². The quantitative estimate of drug-likeness (QED) is 0.520. The van der Waals surface area contributed by atoms with Crippen molar-refractivity contribution in [3.63, 3.8) is 0 Å². The summed E-state index contributed by atoms with van der Waals surface area (Å²) in [7, 11) is 1.40. The minimum Gasteiger partial charge on any atom is -0.497 e. The Bertz CT molecular complexity index is 1350. The Morgan fingerprint density at radius 2 is 1.94 bits per heavy atom. The van der Waals surface area contributed by atoms with Crippen LogP contribution in [-0.2, 0) is 11.3 Å². The molecule has 1 aliphatic rings. The summed E-state index contributed by atoms with van der Waals surface area (Å²) in [6.45, 7) is 0.895. The van der Waals surface area contributed by atoms with Gasteiger partial charge in [0.2, 0.25) is 5.91 Å². The van der Waals surface area contributed by atoms with E-state index in [-0.39, 0.29) is 35.7 Å². The maximum atomic E-state index is 15.1. The Hall–Kier alpha value is -3.79. The highest BCUT2D eigenvalue weighted by Gasteiger charge is 2.44. The first-order valence-corrected chi connectivity index (χ1v) is 11.5. The number of aromatic nitrogens is 2. The van der Waals surface area contributed by atoms with E-state index in [1.54, 1.807) is 6.07 Å². The van der Waals surface area contributed by atoms with E-state index in [4.69, 9.17) is 16.3 Å². The van der Waals surface area contributed by atoms with Crippen LogP contribution < -0.4 is 20.5 Å². The van der Waals surface area contributed by atoms with E-state index < -0.39 is 41.3 Å². The van der Waals surface area contributed by atoms with Crippen LogP contribution in [0.4, 0.5) is 14.5 Å². The molecule has 3 atom stereocenters. The van der Waals surface area contributed by atoms with Gasteiger partial charge < -0.3 is 15.0 Å². The highest BCUT2D eigenvalue weighted by molar-refractivity contribution is 6.30. The summed E-state index contributed by atoms with van der Waals surface area (Å²) in [5.74, 6) is -2.35. The number of nitrogens with zero attached hydrogens (tertiary/aromatic N) is 3. The van der Waals surface area contributed by atoms with Gasteiger partial charge in [-0.15, -0.1) is 0 Å². The molecule has 1 fully saturated rings. The number of anilines is 1. The molecule has 1 N–H and O–H groups in total. The van der Waals surface area contributed by atoms with Crippen LogP contribution in [0.3, 0.4) is 0 Å². The van der Waals surface area contributed by atoms with Gasteiger partial charge >= 0.3 is 0 Å². The lowest BCUT2D eigenvalue weighted by Gasteiger charge is -2.19. The van der Waals surface area contributed by atoms with Crippen LogP contribution in [0.15, 0.2) is 59.5 Å². The number of methoxy groups -OCH3 is 1. The zero-order valence-electron chi connectivity index (χ0n) is 19.5. The number of benzene rings is 2. The van der Waals surface area contributed by atoms with Gasteiger partial charge in [-0.3, -0.25) is 14.4 Å². The number of carbonyl (C=O) groups is 2. The van der Waals surface area contributed by atoms with Crippen LogP contribution in [-0.4, -0.2) is 47.5 Å². The van der Waals surface area contributed by atoms with Crippen molar-refractivity contribution < 1.29 is 23.1 Å². The molecule has 1 unspecified atom stereocenters. The van der Waals surface area contributed by atoms with Gasteiger partial charge in [0.25, 0.3) is 11.5 Å². The lowest BCUT2D eigenvalue weighted by molar-refractivity contribution is -0.118. The van der Waals surface area contributed by atoms with Gasteiger partial charge in [-0.05, 0) is 48.9 Å². The van der Waals surface area contributed by atoms with Gasteiger partial charge in [0.15, 0.2) is 0 Å². The van der Waals surface area contributed by atoms with Crippen molar-refractivity contribution in [1.29, 1.82) is 0 Å². The van der Waals surface area contributed by atoms with Gasteiger partial charge in [-0.2, -0.15) is 5.10 Å². The maximum absolute atomic E-state index is 15.1. The molecule has 2 amide bonds. The first-order chi connectivity index (χ1) is 17.2. The molecule has 0 saturated carbocycles. The van der Waals surface area contributed by atoms with E-state index in [0.717, 1.165) is 4.68 Å². The molecule has 1 aliphatic heterocycles. The normalized spacial score (nSPS) is 18.2. The first-order valence-electron chi connectivity index (χ1n) is 11.1. The number of alkyl halides is 1. The van der Waals surface area contributed by atoms with Gasteiger partial charge in [0.05, 0.1) is 13.7 Å². The standard InChI is InChI=1S/C25H23ClF2N4O4/c1-14(27)12-32-24(34)21(9-10-29-32)31-13-19(18-8-7-17(36-2)11-20(18)28)22(25(31)35)30-23(33)15-3-5-16(26)6-4-15/h3-11,14,19,22H,12-13H2,1-2H3,(H,30,33)/t14?,19-,22-/m0/s1. The number of hydrogen-bond acceptors (Lipinski definition) is 5. The summed E-state index contributed by atoms with van der Waals surface area (Å²) in [5.41, 5.74) is -0.297. The van der Waals surface area contributed by atoms with Crippen LogP contribution >= 0.6 is 11.6 Å². The van der Waals surface area contributed by atoms with Crippen molar-refractivity contribution in [1.82, 2.24) is 15.1 Å². The molecule has 3 aromatic rings. The predicted molar refractivity (Wildman–Crippen MR) is 130 cm³/mol. The summed E-state index contributed by atoms with van der Waals surface area (Å²) in [4.78, 5) is 40.6. The van der Waals surface area contributed by atoms with E-state index in [1.807, 2.05) is 0 Å². The van der Waals surface area contributed by atoms with Crippen LogP contribution in [0, 0.1) is 5.82 Å². The van der Waals surface area contributed by atoms with Crippen LogP contribution in [0.5, 0.6) is 5.75 Å². The minimum absolute atomic E-state index is 0.0437. The molecule has 36 heavy (non-hydrogen) atoms. The number of hydrogen-bond donors (Lipinski definition) is 1. The average Bonchev–Trinajstić information content (AvgIpc) is 3.16. The molecule has 1 aromatic heterocycles. The number of nitrogens with one attached hydrogen (secondary N) is 1. The fourth-order valence-corrected chi connectivity index (χ4v) is 4.29. The molecule has 1 saturated heterocycles. The summed E-state index contributed by atoms with van der Waals surface area (Å²) in [5, 5.41) is 6.99. The number of ether oxygens (including phenoxy) is 1. The highest BCUT2D eigenvalue weighted by atomic mass is 35.5. The van der Waals surface area contributed by atoms with E-state index >= 15 is 4.39 Å². The van der Waals surface area contributed by atoms with E-state index in [2.05, 4.69) is 10.4 Å². The summed E-state index contributed by atoms with van der Waals surface area (Å²) < 4.78 is 34.6. The van der Waals surface area contributed by atoms with Gasteiger partial charge in [0, 0.05) is 35.3 Å². The number of rotatable bonds is 7. The second-order valence-electron chi connectivity index (χ2n) is 8.39. The molecule has 4 rings (SSSR count). The van der Waals surface area contributed by atoms with Gasteiger partial charge in [-0.1, -0.05) is 17.7 Å². The third-order valence-electron chi connectivity index (χ3n) is 5.92. The van der Waals surface area contributed by atoms with Crippen LogP contribution in [0.1, 0.15) is 28.8 Å². The Morgan fingerprint density at radius 3 is 2.58 bits per heavy atom. The summed E-state index contributed by atoms with van der Waals surface area (Å²) >= 11 is 5.90. The zero-order chi connectivity index (χ0) is 26.0. The Balaban J connectivity index is 1.73. The molecule has 0 bridgehead atoms. The van der Waals surface area contributed by atoms with Crippen molar-refractivity contribution in [2.24, 2.45) is 0 Å². The fraction of sp³-hybridized carbons (Fsp3) is 0.280. The molecular weight excluding hydrogens is 494 g/mol. The van der Waals surface area contributed by atoms with E-state index in [0.29, 0.717) is 5.02 Å². The zero-order valence-corrected chi connectivity index (χ0v) is 20.2. The average molecular weight is 517 g/mol. The predicted octanol–water partition coefficient (Wildman–Crippen LogP) is 3.33. The highest BCUT2D eigenvalue weighted by Crippen LogP contribution is 2.34. The number of carbonyl (C=O) groups excluding carboxylic acids is 2. The molecule has 11 heteroatoms. The molecule has 188 valence electrons. The van der Waals surface area contributed by atoms with Crippen molar-refractivity contribution in [3.8, 4) is 5.75 Å².